The van der Waals surface area contributed by atoms with Crippen LogP contribution in [0.5, 0.6) is 0 Å². The van der Waals surface area contributed by atoms with Crippen LogP contribution in [0.1, 0.15) is 28.0 Å². The van der Waals surface area contributed by atoms with Gasteiger partial charge in [0, 0.05) is 11.0 Å². The number of rotatable bonds is 5. The summed E-state index contributed by atoms with van der Waals surface area (Å²) in [5, 5.41) is 14.7. The Bertz CT molecular complexity index is 1170. The summed E-state index contributed by atoms with van der Waals surface area (Å²) in [5.74, 6) is -1.05. The van der Waals surface area contributed by atoms with E-state index in [1.807, 2.05) is 42.5 Å². The van der Waals surface area contributed by atoms with Crippen LogP contribution in [0.3, 0.4) is 0 Å². The number of fused-ring (bicyclic) bond motifs is 2. The SMILES string of the molecule is N#Cc1c(NC(=O)COC(=O)/C=C/c2cccc3ccccc23)sc2c1CCC2. The van der Waals surface area contributed by atoms with Crippen LogP contribution < -0.4 is 5.32 Å². The number of thiophene rings is 1. The van der Waals surface area contributed by atoms with Crippen LogP contribution in [0, 0.1) is 11.3 Å². The Hall–Kier alpha value is -3.43. The van der Waals surface area contributed by atoms with Crippen molar-refractivity contribution in [3.63, 3.8) is 0 Å². The molecule has 1 heterocycles. The number of hydrogen-bond donors (Lipinski definition) is 1. The first-order valence-corrected chi connectivity index (χ1v) is 10.1. The van der Waals surface area contributed by atoms with Crippen molar-refractivity contribution in [1.29, 1.82) is 5.26 Å². The molecular formula is C23H18N2O3S. The number of amides is 1. The normalized spacial score (nSPS) is 12.7. The maximum atomic E-state index is 12.1. The van der Waals surface area contributed by atoms with Crippen molar-refractivity contribution in [2.45, 2.75) is 19.3 Å². The van der Waals surface area contributed by atoms with Crippen molar-refractivity contribution in [2.75, 3.05) is 11.9 Å². The number of carbonyl (C=O) groups is 2. The summed E-state index contributed by atoms with van der Waals surface area (Å²) in [7, 11) is 0. The molecule has 1 aromatic heterocycles. The fourth-order valence-corrected chi connectivity index (χ4v) is 4.77. The Kier molecular flexibility index (Phi) is 5.41. The van der Waals surface area contributed by atoms with E-state index in [1.54, 1.807) is 6.08 Å². The van der Waals surface area contributed by atoms with Gasteiger partial charge in [-0.2, -0.15) is 5.26 Å². The third-order valence-corrected chi connectivity index (χ3v) is 6.06. The predicted octanol–water partition coefficient (Wildman–Crippen LogP) is 4.46. The highest BCUT2D eigenvalue weighted by atomic mass is 32.1. The van der Waals surface area contributed by atoms with Crippen LogP contribution in [-0.4, -0.2) is 18.5 Å². The average molecular weight is 402 g/mol. The van der Waals surface area contributed by atoms with Crippen LogP contribution >= 0.6 is 11.3 Å². The fraction of sp³-hybridized carbons (Fsp3) is 0.174. The van der Waals surface area contributed by atoms with Crippen LogP contribution in [-0.2, 0) is 27.2 Å². The van der Waals surface area contributed by atoms with Gasteiger partial charge in [-0.3, -0.25) is 4.79 Å². The van der Waals surface area contributed by atoms with Gasteiger partial charge in [0.05, 0.1) is 5.56 Å². The molecule has 0 fully saturated rings. The topological polar surface area (TPSA) is 79.2 Å². The first kappa shape index (κ1) is 18.9. The van der Waals surface area contributed by atoms with Crippen LogP contribution in [0.4, 0.5) is 5.00 Å². The van der Waals surface area contributed by atoms with Gasteiger partial charge in [0.15, 0.2) is 6.61 Å². The zero-order valence-corrected chi connectivity index (χ0v) is 16.4. The molecule has 3 aromatic rings. The minimum absolute atomic E-state index is 0.397. The number of ether oxygens (including phenoxy) is 1. The van der Waals surface area contributed by atoms with E-state index in [1.165, 1.54) is 17.4 Å². The van der Waals surface area contributed by atoms with E-state index < -0.39 is 18.5 Å². The van der Waals surface area contributed by atoms with Gasteiger partial charge in [-0.1, -0.05) is 42.5 Å². The van der Waals surface area contributed by atoms with E-state index in [-0.39, 0.29) is 0 Å². The summed E-state index contributed by atoms with van der Waals surface area (Å²) < 4.78 is 5.04. The summed E-state index contributed by atoms with van der Waals surface area (Å²) in [4.78, 5) is 25.3. The molecule has 29 heavy (non-hydrogen) atoms. The molecule has 0 spiro atoms. The molecule has 0 bridgehead atoms. The molecule has 0 saturated heterocycles. The van der Waals surface area contributed by atoms with Crippen molar-refractivity contribution < 1.29 is 14.3 Å². The van der Waals surface area contributed by atoms with E-state index in [0.717, 1.165) is 46.0 Å². The molecule has 0 radical (unpaired) electrons. The Morgan fingerprint density at radius 1 is 1.17 bits per heavy atom. The van der Waals surface area contributed by atoms with Crippen LogP contribution in [0.2, 0.25) is 0 Å². The second-order valence-corrected chi connectivity index (χ2v) is 7.84. The van der Waals surface area contributed by atoms with Gasteiger partial charge < -0.3 is 10.1 Å². The molecule has 1 N–H and O–H groups in total. The molecule has 0 aliphatic heterocycles. The Morgan fingerprint density at radius 3 is 2.86 bits per heavy atom. The predicted molar refractivity (Wildman–Crippen MR) is 114 cm³/mol. The quantitative estimate of drug-likeness (QED) is 0.505. The number of anilines is 1. The second-order valence-electron chi connectivity index (χ2n) is 6.73. The number of nitriles is 1. The number of nitrogens with one attached hydrogen (secondary N) is 1. The third kappa shape index (κ3) is 4.05. The Labute approximate surface area is 172 Å². The molecule has 4 rings (SSSR count). The van der Waals surface area contributed by atoms with Gasteiger partial charge in [-0.25, -0.2) is 4.79 Å². The summed E-state index contributed by atoms with van der Waals surface area (Å²) in [6.45, 7) is -0.397. The van der Waals surface area contributed by atoms with E-state index >= 15 is 0 Å². The van der Waals surface area contributed by atoms with Crippen molar-refractivity contribution in [3.8, 4) is 6.07 Å². The van der Waals surface area contributed by atoms with Crippen molar-refractivity contribution >= 4 is 45.1 Å². The number of esters is 1. The lowest BCUT2D eigenvalue weighted by atomic mass is 10.0. The molecule has 0 atom stereocenters. The monoisotopic (exact) mass is 402 g/mol. The van der Waals surface area contributed by atoms with Gasteiger partial charge in [-0.15, -0.1) is 11.3 Å². The molecule has 0 unspecified atom stereocenters. The standard InChI is InChI=1S/C23H18N2O3S/c24-13-19-18-9-4-10-20(18)29-23(19)25-21(26)14-28-22(27)12-11-16-7-3-6-15-5-1-2-8-17(15)16/h1-3,5-8,11-12H,4,9-10,14H2,(H,25,26)/b12-11+. The van der Waals surface area contributed by atoms with E-state index in [4.69, 9.17) is 4.74 Å². The van der Waals surface area contributed by atoms with Gasteiger partial charge in [0.2, 0.25) is 0 Å². The van der Waals surface area contributed by atoms with Crippen molar-refractivity contribution in [1.82, 2.24) is 0 Å². The number of aryl methyl sites for hydroxylation is 1. The molecule has 6 heteroatoms. The number of hydrogen-bond acceptors (Lipinski definition) is 5. The Balaban J connectivity index is 1.36. The first-order chi connectivity index (χ1) is 14.2. The number of benzene rings is 2. The second kappa shape index (κ2) is 8.29. The maximum Gasteiger partial charge on any atom is 0.331 e. The minimum Gasteiger partial charge on any atom is -0.452 e. The van der Waals surface area contributed by atoms with E-state index in [9.17, 15) is 14.9 Å². The summed E-state index contributed by atoms with van der Waals surface area (Å²) in [6, 6.07) is 15.9. The lowest BCUT2D eigenvalue weighted by Crippen LogP contribution is -2.20. The molecule has 2 aromatic carbocycles. The summed E-state index contributed by atoms with van der Waals surface area (Å²) in [6.07, 6.45) is 5.86. The van der Waals surface area contributed by atoms with Gasteiger partial charge in [0.25, 0.3) is 5.91 Å². The molecule has 144 valence electrons. The fourth-order valence-electron chi connectivity index (χ4n) is 3.51. The lowest BCUT2D eigenvalue weighted by Gasteiger charge is -2.05. The van der Waals surface area contributed by atoms with E-state index in [0.29, 0.717) is 10.6 Å². The Morgan fingerprint density at radius 2 is 2.00 bits per heavy atom. The van der Waals surface area contributed by atoms with Gasteiger partial charge in [-0.05, 0) is 47.2 Å². The highest BCUT2D eigenvalue weighted by molar-refractivity contribution is 7.16. The molecule has 1 amide bonds. The highest BCUT2D eigenvalue weighted by Gasteiger charge is 2.23. The van der Waals surface area contributed by atoms with Crippen LogP contribution in [0.15, 0.2) is 48.5 Å². The lowest BCUT2D eigenvalue weighted by molar-refractivity contribution is -0.142. The zero-order chi connectivity index (χ0) is 20.2. The number of carbonyl (C=O) groups excluding carboxylic acids is 2. The summed E-state index contributed by atoms with van der Waals surface area (Å²) in [5.41, 5.74) is 2.48. The molecule has 1 aliphatic carbocycles. The third-order valence-electron chi connectivity index (χ3n) is 4.85. The van der Waals surface area contributed by atoms with Crippen molar-refractivity contribution in [3.05, 3.63) is 70.1 Å². The zero-order valence-electron chi connectivity index (χ0n) is 15.6. The van der Waals surface area contributed by atoms with Gasteiger partial charge >= 0.3 is 5.97 Å². The highest BCUT2D eigenvalue weighted by Crippen LogP contribution is 2.38. The smallest absolute Gasteiger partial charge is 0.331 e. The van der Waals surface area contributed by atoms with Crippen LogP contribution in [0.25, 0.3) is 16.8 Å². The molecule has 0 saturated carbocycles. The largest absolute Gasteiger partial charge is 0.452 e. The molecule has 1 aliphatic rings. The number of nitrogens with zero attached hydrogens (tertiary/aromatic N) is 1. The summed E-state index contributed by atoms with van der Waals surface area (Å²) >= 11 is 1.44. The molecule has 5 nitrogen and oxygen atoms in total. The van der Waals surface area contributed by atoms with E-state index in [2.05, 4.69) is 11.4 Å². The molecular weight excluding hydrogens is 384 g/mol. The average Bonchev–Trinajstić information content (AvgIpc) is 3.31. The maximum absolute atomic E-state index is 12.1. The first-order valence-electron chi connectivity index (χ1n) is 9.33. The van der Waals surface area contributed by atoms with Gasteiger partial charge in [0.1, 0.15) is 11.1 Å². The van der Waals surface area contributed by atoms with Crippen molar-refractivity contribution in [2.24, 2.45) is 0 Å². The minimum atomic E-state index is -0.595.